The monoisotopic (exact) mass is 410 g/mol. The molecule has 0 saturated heterocycles. The van der Waals surface area contributed by atoms with Gasteiger partial charge in [-0.1, -0.05) is 12.1 Å². The maximum atomic E-state index is 13.1. The summed E-state index contributed by atoms with van der Waals surface area (Å²) in [5.41, 5.74) is -1.60. The summed E-state index contributed by atoms with van der Waals surface area (Å²) in [5, 5.41) is 11.4. The van der Waals surface area contributed by atoms with Crippen molar-refractivity contribution in [1.82, 2.24) is 15.5 Å². The predicted octanol–water partition coefficient (Wildman–Crippen LogP) is 3.37. The number of anilines is 1. The number of hydrogen-bond donors (Lipinski definition) is 3. The Bertz CT molecular complexity index is 874. The van der Waals surface area contributed by atoms with Crippen LogP contribution in [0.1, 0.15) is 52.1 Å². The van der Waals surface area contributed by atoms with Gasteiger partial charge in [-0.2, -0.15) is 18.3 Å². The summed E-state index contributed by atoms with van der Waals surface area (Å²) in [6.45, 7) is 0. The molecular formula is C19H21F3N4O3. The van der Waals surface area contributed by atoms with Crippen molar-refractivity contribution in [3.63, 3.8) is 0 Å². The summed E-state index contributed by atoms with van der Waals surface area (Å²) in [4.78, 5) is 25.0. The van der Waals surface area contributed by atoms with Gasteiger partial charge >= 0.3 is 6.18 Å². The molecule has 1 aliphatic rings. The largest absolute Gasteiger partial charge is 0.417 e. The molecule has 0 radical (unpaired) electrons. The average molecular weight is 410 g/mol. The minimum atomic E-state index is -4.68. The van der Waals surface area contributed by atoms with E-state index in [-0.39, 0.29) is 23.5 Å². The van der Waals surface area contributed by atoms with E-state index in [0.29, 0.717) is 0 Å². The van der Waals surface area contributed by atoms with E-state index in [2.05, 4.69) is 20.8 Å². The Morgan fingerprint density at radius 1 is 1.14 bits per heavy atom. The first-order valence-corrected chi connectivity index (χ1v) is 9.14. The molecule has 156 valence electrons. The number of carbonyl (C=O) groups is 2. The zero-order valence-electron chi connectivity index (χ0n) is 15.7. The highest BCUT2D eigenvalue weighted by Crippen LogP contribution is 2.32. The maximum Gasteiger partial charge on any atom is 0.417 e. The van der Waals surface area contributed by atoms with Crippen LogP contribution in [0.4, 0.5) is 18.9 Å². The fourth-order valence-corrected chi connectivity index (χ4v) is 3.37. The Kier molecular flexibility index (Phi) is 6.21. The summed E-state index contributed by atoms with van der Waals surface area (Å²) in [6, 6.07) is 4.39. The first-order chi connectivity index (χ1) is 13.8. The number of nitrogens with one attached hydrogen (secondary N) is 3. The SMILES string of the molecule is COC1CCC(NC(=O)c2[nH]ncc2NC(=O)c2ccccc2C(F)(F)F)CC1. The molecular weight excluding hydrogens is 389 g/mol. The number of aromatic nitrogens is 2. The van der Waals surface area contributed by atoms with Crippen LogP contribution < -0.4 is 10.6 Å². The van der Waals surface area contributed by atoms with Crippen LogP contribution in [0.3, 0.4) is 0 Å². The fourth-order valence-electron chi connectivity index (χ4n) is 3.37. The second kappa shape index (κ2) is 8.64. The number of hydrogen-bond acceptors (Lipinski definition) is 4. The minimum Gasteiger partial charge on any atom is -0.381 e. The number of H-pyrrole nitrogens is 1. The minimum absolute atomic E-state index is 0.00931. The molecule has 3 N–H and O–H groups in total. The third-order valence-electron chi connectivity index (χ3n) is 4.93. The van der Waals surface area contributed by atoms with Gasteiger partial charge in [0, 0.05) is 13.2 Å². The van der Waals surface area contributed by atoms with Gasteiger partial charge in [0.15, 0.2) is 0 Å². The number of aromatic amines is 1. The lowest BCUT2D eigenvalue weighted by Crippen LogP contribution is -2.39. The van der Waals surface area contributed by atoms with Crippen LogP contribution in [-0.4, -0.2) is 41.3 Å². The molecule has 0 bridgehead atoms. The quantitative estimate of drug-likeness (QED) is 0.704. The number of nitrogens with zero attached hydrogens (tertiary/aromatic N) is 1. The standard InChI is InChI=1S/C19H21F3N4O3/c1-29-12-8-6-11(7-9-12)24-18(28)16-15(10-23-26-16)25-17(27)13-4-2-3-5-14(13)19(20,21)22/h2-5,10-12H,6-9H2,1H3,(H,23,26)(H,24,28)(H,25,27). The van der Waals surface area contributed by atoms with E-state index in [4.69, 9.17) is 4.74 Å². The summed E-state index contributed by atoms with van der Waals surface area (Å²) in [6.07, 6.45) is -0.169. The molecule has 0 atom stereocenters. The van der Waals surface area contributed by atoms with Gasteiger partial charge in [0.25, 0.3) is 11.8 Å². The van der Waals surface area contributed by atoms with Crippen LogP contribution in [0.2, 0.25) is 0 Å². The van der Waals surface area contributed by atoms with Gasteiger partial charge in [-0.15, -0.1) is 0 Å². The number of alkyl halides is 3. The lowest BCUT2D eigenvalue weighted by molar-refractivity contribution is -0.137. The Balaban J connectivity index is 1.69. The van der Waals surface area contributed by atoms with Crippen LogP contribution in [0.5, 0.6) is 0 Å². The van der Waals surface area contributed by atoms with Crippen molar-refractivity contribution in [2.24, 2.45) is 0 Å². The van der Waals surface area contributed by atoms with Crippen molar-refractivity contribution in [3.05, 3.63) is 47.3 Å². The molecule has 1 heterocycles. The van der Waals surface area contributed by atoms with E-state index in [0.717, 1.165) is 37.8 Å². The van der Waals surface area contributed by atoms with Crippen LogP contribution >= 0.6 is 0 Å². The second-order valence-corrected chi connectivity index (χ2v) is 6.84. The Morgan fingerprint density at radius 3 is 2.48 bits per heavy atom. The summed E-state index contributed by atoms with van der Waals surface area (Å²) in [7, 11) is 1.65. The molecule has 1 aromatic heterocycles. The summed E-state index contributed by atoms with van der Waals surface area (Å²) in [5.74, 6) is -1.46. The number of ether oxygens (including phenoxy) is 1. The normalized spacial score (nSPS) is 19.6. The van der Waals surface area contributed by atoms with Crippen LogP contribution in [0, 0.1) is 0 Å². The van der Waals surface area contributed by atoms with Gasteiger partial charge in [0.1, 0.15) is 5.69 Å². The average Bonchev–Trinajstić information content (AvgIpc) is 3.16. The number of benzene rings is 1. The van der Waals surface area contributed by atoms with Gasteiger partial charge < -0.3 is 15.4 Å². The van der Waals surface area contributed by atoms with Gasteiger partial charge in [0.2, 0.25) is 0 Å². The first-order valence-electron chi connectivity index (χ1n) is 9.14. The summed E-state index contributed by atoms with van der Waals surface area (Å²) >= 11 is 0. The van der Waals surface area contributed by atoms with E-state index in [1.165, 1.54) is 18.3 Å². The molecule has 2 amide bonds. The fraction of sp³-hybridized carbons (Fsp3) is 0.421. The van der Waals surface area contributed by atoms with E-state index in [1.54, 1.807) is 7.11 Å². The Labute approximate surface area is 165 Å². The van der Waals surface area contributed by atoms with Crippen LogP contribution in [0.25, 0.3) is 0 Å². The van der Waals surface area contributed by atoms with E-state index in [1.807, 2.05) is 0 Å². The Hall–Kier alpha value is -2.88. The third-order valence-corrected chi connectivity index (χ3v) is 4.93. The third kappa shape index (κ3) is 4.94. The zero-order chi connectivity index (χ0) is 21.0. The number of halogens is 3. The second-order valence-electron chi connectivity index (χ2n) is 6.84. The van der Waals surface area contributed by atoms with Crippen molar-refractivity contribution in [2.45, 2.75) is 44.0 Å². The lowest BCUT2D eigenvalue weighted by Gasteiger charge is -2.28. The van der Waals surface area contributed by atoms with Gasteiger partial charge in [-0.25, -0.2) is 0 Å². The maximum absolute atomic E-state index is 13.1. The molecule has 1 saturated carbocycles. The molecule has 0 unspecified atom stereocenters. The number of rotatable bonds is 5. The number of methoxy groups -OCH3 is 1. The van der Waals surface area contributed by atoms with Crippen molar-refractivity contribution >= 4 is 17.5 Å². The van der Waals surface area contributed by atoms with Crippen molar-refractivity contribution < 1.29 is 27.5 Å². The highest BCUT2D eigenvalue weighted by molar-refractivity contribution is 6.09. The molecule has 7 nitrogen and oxygen atoms in total. The smallest absolute Gasteiger partial charge is 0.381 e. The van der Waals surface area contributed by atoms with E-state index >= 15 is 0 Å². The molecule has 3 rings (SSSR count). The van der Waals surface area contributed by atoms with Gasteiger partial charge in [0.05, 0.1) is 29.1 Å². The number of amides is 2. The molecule has 1 aliphatic carbocycles. The molecule has 10 heteroatoms. The highest BCUT2D eigenvalue weighted by atomic mass is 19.4. The van der Waals surface area contributed by atoms with Gasteiger partial charge in [-0.05, 0) is 37.8 Å². The lowest BCUT2D eigenvalue weighted by atomic mass is 9.93. The molecule has 1 aromatic carbocycles. The highest BCUT2D eigenvalue weighted by Gasteiger charge is 2.35. The predicted molar refractivity (Wildman–Crippen MR) is 98.5 cm³/mol. The van der Waals surface area contributed by atoms with E-state index in [9.17, 15) is 22.8 Å². The topological polar surface area (TPSA) is 96.1 Å². The molecule has 29 heavy (non-hydrogen) atoms. The van der Waals surface area contributed by atoms with E-state index < -0.39 is 29.1 Å². The first kappa shape index (κ1) is 20.8. The van der Waals surface area contributed by atoms with Crippen molar-refractivity contribution in [2.75, 3.05) is 12.4 Å². The molecule has 1 fully saturated rings. The molecule has 0 aliphatic heterocycles. The number of carbonyl (C=O) groups excluding carboxylic acids is 2. The van der Waals surface area contributed by atoms with Crippen molar-refractivity contribution in [1.29, 1.82) is 0 Å². The van der Waals surface area contributed by atoms with Crippen LogP contribution in [0.15, 0.2) is 30.5 Å². The summed E-state index contributed by atoms with van der Waals surface area (Å²) < 4.78 is 44.7. The molecule has 2 aromatic rings. The van der Waals surface area contributed by atoms with Crippen LogP contribution in [-0.2, 0) is 10.9 Å². The molecule has 0 spiro atoms. The van der Waals surface area contributed by atoms with Crippen molar-refractivity contribution in [3.8, 4) is 0 Å². The zero-order valence-corrected chi connectivity index (χ0v) is 15.7. The van der Waals surface area contributed by atoms with Gasteiger partial charge in [-0.3, -0.25) is 14.7 Å². The Morgan fingerprint density at radius 2 is 1.83 bits per heavy atom.